The predicted octanol–water partition coefficient (Wildman–Crippen LogP) is 2.92. The van der Waals surface area contributed by atoms with Crippen molar-refractivity contribution in [3.63, 3.8) is 0 Å². The molecule has 0 aliphatic heterocycles. The Kier molecular flexibility index (Phi) is 5.92. The molecule has 0 bridgehead atoms. The molecule has 2 aromatic carbocycles. The highest BCUT2D eigenvalue weighted by molar-refractivity contribution is 7.82. The molecule has 8 nitrogen and oxygen atoms in total. The van der Waals surface area contributed by atoms with E-state index in [0.29, 0.717) is 22.1 Å². The van der Waals surface area contributed by atoms with E-state index in [1.54, 1.807) is 53.9 Å². The third-order valence-corrected chi connectivity index (χ3v) is 4.70. The Balaban J connectivity index is 1.75. The van der Waals surface area contributed by atoms with Gasteiger partial charge in [-0.05, 0) is 24.3 Å². The first-order valence-corrected chi connectivity index (χ1v) is 9.27. The van der Waals surface area contributed by atoms with Gasteiger partial charge in [0.05, 0.1) is 11.4 Å². The molecule has 3 amide bonds. The van der Waals surface area contributed by atoms with Crippen molar-refractivity contribution in [2.75, 3.05) is 4.31 Å². The number of anilines is 1. The van der Waals surface area contributed by atoms with Gasteiger partial charge in [-0.15, -0.1) is 11.3 Å². The fourth-order valence-corrected chi connectivity index (χ4v) is 3.17. The number of guanidine groups is 1. The Morgan fingerprint density at radius 2 is 1.86 bits per heavy atom. The van der Waals surface area contributed by atoms with Gasteiger partial charge in [-0.2, -0.15) is 4.99 Å². The number of carbonyl (C=O) groups excluding carboxylic acids is 2. The summed E-state index contributed by atoms with van der Waals surface area (Å²) in [6.45, 7) is 0. The van der Waals surface area contributed by atoms with E-state index >= 15 is 0 Å². The third kappa shape index (κ3) is 4.67. The molecule has 0 unspecified atom stereocenters. The molecule has 0 aliphatic carbocycles. The summed E-state index contributed by atoms with van der Waals surface area (Å²) in [5.74, 6) is -0.585. The summed E-state index contributed by atoms with van der Waals surface area (Å²) >= 11 is 5.49. The topological polar surface area (TPSA) is 127 Å². The van der Waals surface area contributed by atoms with E-state index in [0.717, 1.165) is 9.87 Å². The first-order chi connectivity index (χ1) is 13.4. The molecule has 1 aromatic heterocycles. The van der Waals surface area contributed by atoms with Crippen molar-refractivity contribution >= 4 is 52.9 Å². The number of aromatic nitrogens is 1. The first-order valence-electron chi connectivity index (χ1n) is 7.99. The summed E-state index contributed by atoms with van der Waals surface area (Å²) in [6.07, 6.45) is 0. The summed E-state index contributed by atoms with van der Waals surface area (Å²) < 4.78 is 1.05. The fourth-order valence-electron chi connectivity index (χ4n) is 2.28. The van der Waals surface area contributed by atoms with Gasteiger partial charge in [0.1, 0.15) is 0 Å². The Morgan fingerprint density at radius 1 is 1.11 bits per heavy atom. The lowest BCUT2D eigenvalue weighted by Gasteiger charge is -2.16. The van der Waals surface area contributed by atoms with Crippen LogP contribution in [0.2, 0.25) is 0 Å². The number of thiazole rings is 1. The third-order valence-electron chi connectivity index (χ3n) is 3.55. The molecule has 142 valence electrons. The molecule has 0 saturated heterocycles. The number of nitrogens with two attached hydrogens (primary N) is 2. The Labute approximate surface area is 170 Å². The molecule has 3 aromatic rings. The summed E-state index contributed by atoms with van der Waals surface area (Å²) in [7, 11) is 0. The van der Waals surface area contributed by atoms with E-state index < -0.39 is 11.9 Å². The second-order valence-electron chi connectivity index (χ2n) is 5.54. The zero-order valence-electron chi connectivity index (χ0n) is 14.4. The SMILES string of the molecule is NC(N)=Nc1nc(-c2cccc(N(S)C(=O)NC(=O)c3ccccc3)c2)cs1. The Morgan fingerprint density at radius 3 is 2.57 bits per heavy atom. The molecule has 10 heteroatoms. The van der Waals surface area contributed by atoms with Crippen molar-refractivity contribution in [3.8, 4) is 11.3 Å². The molecule has 28 heavy (non-hydrogen) atoms. The number of thiol groups is 1. The minimum atomic E-state index is -0.672. The summed E-state index contributed by atoms with van der Waals surface area (Å²) in [4.78, 5) is 32.7. The van der Waals surface area contributed by atoms with Crippen molar-refractivity contribution in [1.82, 2.24) is 10.3 Å². The van der Waals surface area contributed by atoms with E-state index in [-0.39, 0.29) is 5.96 Å². The highest BCUT2D eigenvalue weighted by Crippen LogP contribution is 2.29. The average molecular weight is 413 g/mol. The van der Waals surface area contributed by atoms with Crippen molar-refractivity contribution in [1.29, 1.82) is 0 Å². The van der Waals surface area contributed by atoms with Gasteiger partial charge < -0.3 is 11.5 Å². The number of hydrogen-bond acceptors (Lipinski definition) is 6. The molecule has 0 atom stereocenters. The number of amides is 3. The van der Waals surface area contributed by atoms with E-state index in [2.05, 4.69) is 28.1 Å². The zero-order chi connectivity index (χ0) is 20.1. The number of benzene rings is 2. The van der Waals surface area contributed by atoms with Crippen LogP contribution in [-0.4, -0.2) is 22.9 Å². The van der Waals surface area contributed by atoms with Crippen molar-refractivity contribution in [2.45, 2.75) is 0 Å². The molecule has 1 heterocycles. The Hall–Kier alpha value is -3.37. The van der Waals surface area contributed by atoms with Crippen LogP contribution < -0.4 is 21.1 Å². The smallest absolute Gasteiger partial charge is 0.338 e. The number of urea groups is 1. The largest absolute Gasteiger partial charge is 0.370 e. The molecule has 0 radical (unpaired) electrons. The van der Waals surface area contributed by atoms with Crippen molar-refractivity contribution in [2.24, 2.45) is 16.5 Å². The number of imide groups is 1. The monoisotopic (exact) mass is 412 g/mol. The van der Waals surface area contributed by atoms with Gasteiger partial charge >= 0.3 is 6.03 Å². The van der Waals surface area contributed by atoms with Crippen molar-refractivity contribution < 1.29 is 9.59 Å². The summed E-state index contributed by atoms with van der Waals surface area (Å²) in [6, 6.07) is 14.7. The average Bonchev–Trinajstić information content (AvgIpc) is 3.16. The number of aliphatic imine (C=N–C) groups is 1. The molecule has 0 fully saturated rings. The molecule has 0 aliphatic rings. The van der Waals surface area contributed by atoms with E-state index in [1.165, 1.54) is 11.3 Å². The van der Waals surface area contributed by atoms with Gasteiger partial charge in [0.15, 0.2) is 5.96 Å². The molecule has 0 saturated carbocycles. The maximum atomic E-state index is 12.4. The maximum Gasteiger partial charge on any atom is 0.338 e. The van der Waals surface area contributed by atoms with Crippen LogP contribution in [0.5, 0.6) is 0 Å². The van der Waals surface area contributed by atoms with E-state index in [4.69, 9.17) is 11.5 Å². The number of nitrogens with one attached hydrogen (secondary N) is 1. The van der Waals surface area contributed by atoms with E-state index in [1.807, 2.05) is 6.07 Å². The maximum absolute atomic E-state index is 12.4. The van der Waals surface area contributed by atoms with Crippen LogP contribution in [0.3, 0.4) is 0 Å². The van der Waals surface area contributed by atoms with Gasteiger partial charge in [-0.1, -0.05) is 43.1 Å². The standard InChI is InChI=1S/C18H16N6O2S2/c19-16(20)23-17-21-14(10-28-17)12-7-4-8-13(9-12)24(27)18(26)22-15(25)11-5-2-1-3-6-11/h1-10,27H,(H,22,25,26)(H4,19,20,21,23). The molecular weight excluding hydrogens is 396 g/mol. The van der Waals surface area contributed by atoms with Crippen LogP contribution in [-0.2, 0) is 0 Å². The van der Waals surface area contributed by atoms with Crippen LogP contribution >= 0.6 is 24.2 Å². The first kappa shape index (κ1) is 19.4. The lowest BCUT2D eigenvalue weighted by atomic mass is 10.1. The second-order valence-corrected chi connectivity index (χ2v) is 6.78. The van der Waals surface area contributed by atoms with E-state index in [9.17, 15) is 9.59 Å². The number of rotatable bonds is 4. The van der Waals surface area contributed by atoms with Crippen LogP contribution in [0.4, 0.5) is 15.6 Å². The molecule has 0 spiro atoms. The Bertz CT molecular complexity index is 1030. The van der Waals surface area contributed by atoms with Crippen LogP contribution in [0, 0.1) is 0 Å². The molecule has 3 rings (SSSR count). The summed E-state index contributed by atoms with van der Waals surface area (Å²) in [5, 5.41) is 4.51. The lowest BCUT2D eigenvalue weighted by Crippen LogP contribution is -2.38. The van der Waals surface area contributed by atoms with Crippen LogP contribution in [0.15, 0.2) is 65.0 Å². The summed E-state index contributed by atoms with van der Waals surface area (Å²) in [5.41, 5.74) is 12.9. The van der Waals surface area contributed by atoms with Gasteiger partial charge in [0.2, 0.25) is 5.13 Å². The predicted molar refractivity (Wildman–Crippen MR) is 114 cm³/mol. The molecule has 5 N–H and O–H groups in total. The second kappa shape index (κ2) is 8.55. The number of nitrogens with zero attached hydrogens (tertiary/aromatic N) is 3. The molecular formula is C18H16N6O2S2. The van der Waals surface area contributed by atoms with Crippen LogP contribution in [0.25, 0.3) is 11.3 Å². The number of hydrogen-bond donors (Lipinski definition) is 4. The van der Waals surface area contributed by atoms with Gasteiger partial charge in [-0.25, -0.2) is 14.1 Å². The lowest BCUT2D eigenvalue weighted by molar-refractivity contribution is 0.0966. The van der Waals surface area contributed by atoms with Gasteiger partial charge in [0, 0.05) is 16.5 Å². The van der Waals surface area contributed by atoms with Gasteiger partial charge in [0.25, 0.3) is 5.91 Å². The van der Waals surface area contributed by atoms with Crippen LogP contribution in [0.1, 0.15) is 10.4 Å². The minimum Gasteiger partial charge on any atom is -0.370 e. The van der Waals surface area contributed by atoms with Crippen molar-refractivity contribution in [3.05, 3.63) is 65.5 Å². The quantitative estimate of drug-likeness (QED) is 0.298. The highest BCUT2D eigenvalue weighted by atomic mass is 32.1. The highest BCUT2D eigenvalue weighted by Gasteiger charge is 2.17. The zero-order valence-corrected chi connectivity index (χ0v) is 16.2. The van der Waals surface area contributed by atoms with Gasteiger partial charge in [-0.3, -0.25) is 10.1 Å². The fraction of sp³-hybridized carbons (Fsp3) is 0. The normalized spacial score (nSPS) is 10.2. The minimum absolute atomic E-state index is 0.0732. The number of carbonyl (C=O) groups is 2.